The summed E-state index contributed by atoms with van der Waals surface area (Å²) in [4.78, 5) is 62.3. The van der Waals surface area contributed by atoms with Crippen LogP contribution in [-0.4, -0.2) is 139 Å². The molecule has 2 bridgehead atoms. The third-order valence-electron chi connectivity index (χ3n) is 13.3. The number of nitrogens with zero attached hydrogens (tertiary/aromatic N) is 2. The minimum Gasteiger partial charge on any atom is -0.458 e. The van der Waals surface area contributed by atoms with Crippen LogP contribution in [0.1, 0.15) is 80.2 Å². The number of rotatable bonds is 8. The Morgan fingerprint density at radius 2 is 1.76 bits per heavy atom. The minimum atomic E-state index is -1.59. The van der Waals surface area contributed by atoms with E-state index in [1.165, 1.54) is 0 Å². The highest BCUT2D eigenvalue weighted by Gasteiger charge is 2.58. The molecule has 0 radical (unpaired) electrons. The Labute approximate surface area is 364 Å². The van der Waals surface area contributed by atoms with Crippen molar-refractivity contribution in [3.05, 3.63) is 48.2 Å². The topological polar surface area (TPSA) is 193 Å². The molecule has 4 fully saturated rings. The van der Waals surface area contributed by atoms with Crippen LogP contribution in [-0.2, 0) is 42.7 Å². The van der Waals surface area contributed by atoms with E-state index in [2.05, 4.69) is 15.6 Å². The summed E-state index contributed by atoms with van der Waals surface area (Å²) in [5.74, 6) is -4.17. The van der Waals surface area contributed by atoms with E-state index in [0.29, 0.717) is 6.42 Å². The fraction of sp³-hybridized carbons (Fsp3) is 0.674. The highest BCUT2D eigenvalue weighted by Crippen LogP contribution is 2.42. The number of nitrogens with one attached hydrogen (secondary N) is 2. The molecule has 1 aromatic carbocycles. The lowest BCUT2D eigenvalue weighted by atomic mass is 9.73. The average Bonchev–Trinajstić information content (AvgIpc) is 3.54. The van der Waals surface area contributed by atoms with Crippen LogP contribution >= 0.6 is 0 Å². The second kappa shape index (κ2) is 19.7. The molecular formula is C46H66N4O12. The maximum Gasteiger partial charge on any atom is 0.408 e. The van der Waals surface area contributed by atoms with Gasteiger partial charge in [-0.25, -0.2) is 9.59 Å². The van der Waals surface area contributed by atoms with Crippen LogP contribution in [0.5, 0.6) is 0 Å². The van der Waals surface area contributed by atoms with Crippen LogP contribution in [0.3, 0.4) is 0 Å². The van der Waals surface area contributed by atoms with Crippen molar-refractivity contribution >= 4 is 40.9 Å². The van der Waals surface area contributed by atoms with E-state index in [1.54, 1.807) is 40.8 Å². The van der Waals surface area contributed by atoms with E-state index in [9.17, 15) is 24.3 Å². The summed E-state index contributed by atoms with van der Waals surface area (Å²) in [6.45, 7) is 14.1. The second-order valence-corrected chi connectivity index (χ2v) is 18.3. The van der Waals surface area contributed by atoms with Crippen molar-refractivity contribution in [1.29, 1.82) is 0 Å². The van der Waals surface area contributed by atoms with Crippen LogP contribution < -0.4 is 10.6 Å². The van der Waals surface area contributed by atoms with Crippen LogP contribution in [0.15, 0.2) is 42.6 Å². The number of pyridine rings is 1. The Morgan fingerprint density at radius 1 is 1.02 bits per heavy atom. The number of esters is 1. The number of fused-ring (bicyclic) bond motifs is 5. The molecule has 15 atom stereocenters. The molecule has 0 spiro atoms. The number of cyclic esters (lactones) is 1. The number of benzene rings is 1. The van der Waals surface area contributed by atoms with Crippen molar-refractivity contribution in [3.63, 3.8) is 0 Å². The second-order valence-electron chi connectivity index (χ2n) is 18.3. The molecule has 2 amide bonds. The van der Waals surface area contributed by atoms with Crippen molar-refractivity contribution in [2.24, 2.45) is 23.7 Å². The molecular weight excluding hydrogens is 801 g/mol. The Kier molecular flexibility index (Phi) is 15.0. The molecule has 1 aromatic heterocycles. The third-order valence-corrected chi connectivity index (χ3v) is 13.3. The van der Waals surface area contributed by atoms with Gasteiger partial charge in [0.25, 0.3) is 0 Å². The molecule has 4 aliphatic heterocycles. The van der Waals surface area contributed by atoms with Gasteiger partial charge in [0.15, 0.2) is 11.9 Å². The number of carbonyl (C=O) groups excluding carboxylic acids is 4. The quantitative estimate of drug-likeness (QED) is 0.236. The molecule has 16 nitrogen and oxygen atoms in total. The number of aliphatic hydroxyl groups is 1. The number of hydrogen-bond donors (Lipinski definition) is 3. The van der Waals surface area contributed by atoms with Crippen LogP contribution in [0.25, 0.3) is 17.0 Å². The molecule has 16 heteroatoms. The lowest BCUT2D eigenvalue weighted by molar-refractivity contribution is -0.299. The fourth-order valence-corrected chi connectivity index (χ4v) is 9.91. The van der Waals surface area contributed by atoms with E-state index < -0.39 is 95.9 Å². The number of carbonyl (C=O) groups is 4. The number of Topliss-reactive ketones (excluding diaryl/α,β-unsaturated/α-hetero) is 1. The number of hydrogen-bond acceptors (Lipinski definition) is 14. The van der Waals surface area contributed by atoms with Gasteiger partial charge in [-0.3, -0.25) is 14.6 Å². The molecule has 0 aliphatic carbocycles. The van der Waals surface area contributed by atoms with Gasteiger partial charge in [0.1, 0.15) is 29.7 Å². The summed E-state index contributed by atoms with van der Waals surface area (Å²) in [6, 6.07) is 8.69. The van der Waals surface area contributed by atoms with Crippen LogP contribution in [0, 0.1) is 23.7 Å². The normalized spacial score (nSPS) is 38.9. The highest BCUT2D eigenvalue weighted by molar-refractivity contribution is 5.85. The first-order chi connectivity index (χ1) is 29.3. The van der Waals surface area contributed by atoms with Crippen molar-refractivity contribution in [1.82, 2.24) is 20.5 Å². The highest BCUT2D eigenvalue weighted by atomic mass is 16.7. The first-order valence-corrected chi connectivity index (χ1v) is 22.0. The van der Waals surface area contributed by atoms with E-state index in [0.717, 1.165) is 16.5 Å². The zero-order chi connectivity index (χ0) is 45.1. The van der Waals surface area contributed by atoms with E-state index in [4.69, 9.17) is 33.2 Å². The van der Waals surface area contributed by atoms with Crippen molar-refractivity contribution < 1.29 is 57.4 Å². The Hall–Kier alpha value is -4.19. The zero-order valence-corrected chi connectivity index (χ0v) is 37.7. The van der Waals surface area contributed by atoms with Crippen LogP contribution in [0.4, 0.5) is 9.59 Å². The number of alkyl carbamates (subject to hydrolysis) is 2. The standard InChI is InChI=1S/C46H66N4O12/c1-11-35-46(8)39(49-44(55)62-46)27(4)36(51)25(2)21-45(7)40(60-42-37(52)34(50(9)10)19-26(3)58-42)28(5)38(29(6)41(53)59-35)57-24-32(23-48-43(54)61-45)56-18-14-15-30-20-31-16-12-13-17-33(31)47-22-30/h12-17,20,22,25-29,32,34-35,37-40,42,52H,11,18-19,21,23-24H2,1-10H3,(H,48,54)(H,49,55)/b15-14+/t25-,26-,27+,28+,29-,32?,34+,35-,37-,38+,39+,40-,42+,45-,46-/m1/s1. The summed E-state index contributed by atoms with van der Waals surface area (Å²) in [5.41, 5.74) is -1.20. The van der Waals surface area contributed by atoms with Gasteiger partial charge in [0, 0.05) is 41.9 Å². The van der Waals surface area contributed by atoms with E-state index >= 15 is 0 Å². The first kappa shape index (κ1) is 47.3. The van der Waals surface area contributed by atoms with Gasteiger partial charge in [-0.1, -0.05) is 58.0 Å². The molecule has 0 saturated carbocycles. The Balaban J connectivity index is 1.38. The van der Waals surface area contributed by atoms with Crippen LogP contribution in [0.2, 0.25) is 0 Å². The summed E-state index contributed by atoms with van der Waals surface area (Å²) in [6.07, 6.45) is -1.52. The molecule has 1 unspecified atom stereocenters. The van der Waals surface area contributed by atoms with Crippen molar-refractivity contribution in [2.45, 2.75) is 141 Å². The van der Waals surface area contributed by atoms with Gasteiger partial charge >= 0.3 is 18.2 Å². The molecule has 342 valence electrons. The predicted molar refractivity (Wildman–Crippen MR) is 229 cm³/mol. The van der Waals surface area contributed by atoms with Gasteiger partial charge < -0.3 is 53.8 Å². The molecule has 4 saturated heterocycles. The summed E-state index contributed by atoms with van der Waals surface area (Å²) < 4.78 is 44.7. The van der Waals surface area contributed by atoms with Gasteiger partial charge in [-0.05, 0) is 78.7 Å². The van der Waals surface area contributed by atoms with Crippen molar-refractivity contribution in [2.75, 3.05) is 33.9 Å². The lowest BCUT2D eigenvalue weighted by Crippen LogP contribution is -2.61. The number of likely N-dealkylation sites (N-methyl/N-ethyl adjacent to an activating group) is 1. The Bertz CT molecular complexity index is 1950. The SMILES string of the molecule is CC[C@H]1OC(=O)[C@H](C)[C@H]2OCC(OC/C=C/c3cnc4ccccc4c3)CNC(=O)O[C@](C)(C[C@@H](C)C(=O)[C@H](C)[C@@H]3NC(=O)O[C@]13C)[C@H](O[C@@H]1O[C@H](C)C[C@H](N(C)C)[C@H]1O)[C@H]2C. The van der Waals surface area contributed by atoms with Gasteiger partial charge in [-0.2, -0.15) is 0 Å². The zero-order valence-electron chi connectivity index (χ0n) is 37.7. The summed E-state index contributed by atoms with van der Waals surface area (Å²) in [5, 5.41) is 18.4. The molecule has 6 rings (SSSR count). The summed E-state index contributed by atoms with van der Waals surface area (Å²) in [7, 11) is 3.74. The van der Waals surface area contributed by atoms with E-state index in [-0.39, 0.29) is 50.5 Å². The lowest BCUT2D eigenvalue weighted by Gasteiger charge is -2.48. The van der Waals surface area contributed by atoms with Crippen molar-refractivity contribution in [3.8, 4) is 0 Å². The molecule has 62 heavy (non-hydrogen) atoms. The predicted octanol–water partition coefficient (Wildman–Crippen LogP) is 5.03. The van der Waals surface area contributed by atoms with E-state index in [1.807, 2.05) is 82.3 Å². The first-order valence-electron chi connectivity index (χ1n) is 22.0. The fourth-order valence-electron chi connectivity index (χ4n) is 9.91. The maximum absolute atomic E-state index is 14.5. The number of ketones is 1. The van der Waals surface area contributed by atoms with Gasteiger partial charge in [-0.15, -0.1) is 0 Å². The number of aromatic nitrogens is 1. The molecule has 4 aliphatic rings. The number of amides is 2. The smallest absolute Gasteiger partial charge is 0.408 e. The number of para-hydroxylation sites is 1. The number of aliphatic hydroxyl groups excluding tert-OH is 1. The Morgan fingerprint density at radius 3 is 2.48 bits per heavy atom. The largest absolute Gasteiger partial charge is 0.458 e. The van der Waals surface area contributed by atoms with Gasteiger partial charge in [0.05, 0.1) is 49.0 Å². The molecule has 5 heterocycles. The minimum absolute atomic E-state index is 0.0152. The maximum atomic E-state index is 14.5. The third kappa shape index (κ3) is 10.3. The molecule has 2 aromatic rings. The molecule has 3 N–H and O–H groups in total. The van der Waals surface area contributed by atoms with Gasteiger partial charge in [0.2, 0.25) is 0 Å². The summed E-state index contributed by atoms with van der Waals surface area (Å²) >= 11 is 0. The average molecular weight is 867 g/mol. The number of ether oxygens (including phenoxy) is 7. The monoisotopic (exact) mass is 866 g/mol.